The second-order valence-electron chi connectivity index (χ2n) is 6.05. The second-order valence-corrected chi connectivity index (χ2v) is 8.36. The van der Waals surface area contributed by atoms with Gasteiger partial charge < -0.3 is 0 Å². The average Bonchev–Trinajstić information content (AvgIpc) is 2.51. The molecule has 4 heteroatoms. The summed E-state index contributed by atoms with van der Waals surface area (Å²) in [6, 6.07) is 7.32. The molecule has 1 aromatic carbocycles. The van der Waals surface area contributed by atoms with E-state index in [1.54, 1.807) is 12.1 Å². The number of fused-ring (bicyclic) bond motifs is 1. The number of rotatable bonds is 2. The molecule has 0 aromatic heterocycles. The molecule has 0 saturated heterocycles. The smallest absolute Gasteiger partial charge is 0.179 e. The Hall–Kier alpha value is -0.540. The summed E-state index contributed by atoms with van der Waals surface area (Å²) in [5.41, 5.74) is 0.942. The van der Waals surface area contributed by atoms with Gasteiger partial charge in [-0.2, -0.15) is 0 Å². The van der Waals surface area contributed by atoms with Gasteiger partial charge >= 0.3 is 0 Å². The van der Waals surface area contributed by atoms with Crippen LogP contribution in [0.15, 0.2) is 29.2 Å². The predicted molar refractivity (Wildman–Crippen MR) is 74.9 cm³/mol. The molecule has 0 bridgehead atoms. The number of hydrogen-bond acceptors (Lipinski definition) is 2. The molecule has 1 aromatic rings. The first-order chi connectivity index (χ1) is 8.27. The van der Waals surface area contributed by atoms with Crippen molar-refractivity contribution in [1.29, 1.82) is 0 Å². The van der Waals surface area contributed by atoms with Crippen LogP contribution in [0.3, 0.4) is 0 Å². The molecular formula is C14H19ClO2S. The van der Waals surface area contributed by atoms with E-state index in [-0.39, 0.29) is 23.0 Å². The molecule has 0 amide bonds. The standard InChI is InChI=1S/C14H19ClO2S/c1-14(2,3)12(8-15)11-9-18(16,17)13-7-5-4-6-10(11)13/h4-7,11-12H,8-9H2,1-3H3. The third-order valence-electron chi connectivity index (χ3n) is 3.82. The quantitative estimate of drug-likeness (QED) is 0.780. The summed E-state index contributed by atoms with van der Waals surface area (Å²) in [6.45, 7) is 6.36. The average molecular weight is 287 g/mol. The number of halogens is 1. The maximum atomic E-state index is 12.2. The van der Waals surface area contributed by atoms with E-state index in [9.17, 15) is 8.42 Å². The fourth-order valence-corrected chi connectivity index (χ4v) is 5.37. The van der Waals surface area contributed by atoms with Crippen LogP contribution >= 0.6 is 11.6 Å². The Morgan fingerprint density at radius 2 is 1.94 bits per heavy atom. The van der Waals surface area contributed by atoms with Crippen LogP contribution in [0.2, 0.25) is 0 Å². The fourth-order valence-electron chi connectivity index (χ4n) is 2.76. The van der Waals surface area contributed by atoms with E-state index >= 15 is 0 Å². The fraction of sp³-hybridized carbons (Fsp3) is 0.571. The SMILES string of the molecule is CC(C)(C)C(CCl)C1CS(=O)(=O)c2ccccc21. The third-order valence-corrected chi connectivity index (χ3v) is 5.99. The van der Waals surface area contributed by atoms with Gasteiger partial charge in [0.15, 0.2) is 9.84 Å². The van der Waals surface area contributed by atoms with Crippen LogP contribution in [-0.2, 0) is 9.84 Å². The third kappa shape index (κ3) is 2.30. The number of alkyl halides is 1. The highest BCUT2D eigenvalue weighted by atomic mass is 35.5. The zero-order valence-electron chi connectivity index (χ0n) is 11.0. The summed E-state index contributed by atoms with van der Waals surface area (Å²) >= 11 is 6.10. The Morgan fingerprint density at radius 1 is 1.33 bits per heavy atom. The second kappa shape index (κ2) is 4.53. The molecule has 1 aliphatic heterocycles. The van der Waals surface area contributed by atoms with Gasteiger partial charge in [-0.05, 0) is 23.0 Å². The molecule has 2 unspecified atom stereocenters. The Kier molecular flexibility index (Phi) is 3.50. The van der Waals surface area contributed by atoms with Crippen LogP contribution in [0.1, 0.15) is 32.3 Å². The number of benzene rings is 1. The minimum Gasteiger partial charge on any atom is -0.224 e. The summed E-state index contributed by atoms with van der Waals surface area (Å²) in [7, 11) is -3.13. The molecule has 2 nitrogen and oxygen atoms in total. The summed E-state index contributed by atoms with van der Waals surface area (Å²) < 4.78 is 24.3. The molecule has 2 atom stereocenters. The molecule has 0 radical (unpaired) electrons. The Balaban J connectivity index is 2.51. The van der Waals surface area contributed by atoms with Gasteiger partial charge in [-0.25, -0.2) is 8.42 Å². The van der Waals surface area contributed by atoms with Crippen molar-refractivity contribution in [3.8, 4) is 0 Å². The van der Waals surface area contributed by atoms with Gasteiger partial charge in [0.05, 0.1) is 10.6 Å². The largest absolute Gasteiger partial charge is 0.224 e. The highest BCUT2D eigenvalue weighted by molar-refractivity contribution is 7.91. The van der Waals surface area contributed by atoms with Gasteiger partial charge in [-0.1, -0.05) is 39.0 Å². The Bertz CT molecular complexity index is 543. The first-order valence-corrected chi connectivity index (χ1v) is 8.33. The van der Waals surface area contributed by atoms with E-state index in [0.29, 0.717) is 10.8 Å². The monoisotopic (exact) mass is 286 g/mol. The molecule has 1 aliphatic rings. The van der Waals surface area contributed by atoms with E-state index in [2.05, 4.69) is 20.8 Å². The van der Waals surface area contributed by atoms with Crippen LogP contribution in [0, 0.1) is 11.3 Å². The lowest BCUT2D eigenvalue weighted by Gasteiger charge is -2.33. The van der Waals surface area contributed by atoms with Crippen molar-refractivity contribution in [3.63, 3.8) is 0 Å². The minimum atomic E-state index is -3.13. The summed E-state index contributed by atoms with van der Waals surface area (Å²) in [5.74, 6) is 0.861. The van der Waals surface area contributed by atoms with E-state index in [4.69, 9.17) is 11.6 Å². The zero-order valence-corrected chi connectivity index (χ0v) is 12.6. The number of hydrogen-bond donors (Lipinski definition) is 0. The van der Waals surface area contributed by atoms with E-state index < -0.39 is 9.84 Å². The van der Waals surface area contributed by atoms with Crippen LogP contribution < -0.4 is 0 Å². The van der Waals surface area contributed by atoms with Gasteiger partial charge in [-0.15, -0.1) is 11.6 Å². The molecule has 0 N–H and O–H groups in total. The van der Waals surface area contributed by atoms with E-state index in [0.717, 1.165) is 5.56 Å². The van der Waals surface area contributed by atoms with E-state index in [1.165, 1.54) is 0 Å². The predicted octanol–water partition coefficient (Wildman–Crippen LogP) is 3.46. The Labute approximate surface area is 114 Å². The minimum absolute atomic E-state index is 0.000607. The van der Waals surface area contributed by atoms with Crippen molar-refractivity contribution in [1.82, 2.24) is 0 Å². The van der Waals surface area contributed by atoms with Crippen LogP contribution in [0.5, 0.6) is 0 Å². The topological polar surface area (TPSA) is 34.1 Å². The van der Waals surface area contributed by atoms with Gasteiger partial charge in [0.25, 0.3) is 0 Å². The molecular weight excluding hydrogens is 268 g/mol. The molecule has 0 spiro atoms. The molecule has 1 heterocycles. The van der Waals surface area contributed by atoms with Gasteiger partial charge in [0, 0.05) is 11.8 Å². The molecule has 0 fully saturated rings. The van der Waals surface area contributed by atoms with Crippen molar-refractivity contribution < 1.29 is 8.42 Å². The summed E-state index contributed by atoms with van der Waals surface area (Å²) in [4.78, 5) is 0.495. The highest BCUT2D eigenvalue weighted by Gasteiger charge is 2.42. The van der Waals surface area contributed by atoms with Crippen molar-refractivity contribution in [2.75, 3.05) is 11.6 Å². The van der Waals surface area contributed by atoms with Gasteiger partial charge in [0.2, 0.25) is 0 Å². The highest BCUT2D eigenvalue weighted by Crippen LogP contribution is 2.45. The van der Waals surface area contributed by atoms with Crippen LogP contribution in [0.4, 0.5) is 0 Å². The van der Waals surface area contributed by atoms with Crippen LogP contribution in [-0.4, -0.2) is 20.1 Å². The molecule has 0 aliphatic carbocycles. The molecule has 100 valence electrons. The first-order valence-electron chi connectivity index (χ1n) is 6.15. The maximum absolute atomic E-state index is 12.2. The van der Waals surface area contributed by atoms with E-state index in [1.807, 2.05) is 12.1 Å². The van der Waals surface area contributed by atoms with Gasteiger partial charge in [-0.3, -0.25) is 0 Å². The molecule has 2 rings (SSSR count). The lowest BCUT2D eigenvalue weighted by molar-refractivity contribution is 0.234. The Morgan fingerprint density at radius 3 is 2.50 bits per heavy atom. The lowest BCUT2D eigenvalue weighted by Crippen LogP contribution is -2.29. The first kappa shape index (κ1) is 13.9. The van der Waals surface area contributed by atoms with Crippen LogP contribution in [0.25, 0.3) is 0 Å². The van der Waals surface area contributed by atoms with Gasteiger partial charge in [0.1, 0.15) is 0 Å². The maximum Gasteiger partial charge on any atom is 0.179 e. The summed E-state index contributed by atoms with van der Waals surface area (Å²) in [6.07, 6.45) is 0. The van der Waals surface area contributed by atoms with Crippen molar-refractivity contribution in [2.45, 2.75) is 31.6 Å². The molecule has 0 saturated carbocycles. The van der Waals surface area contributed by atoms with Crippen molar-refractivity contribution in [3.05, 3.63) is 29.8 Å². The summed E-state index contributed by atoms with van der Waals surface area (Å²) in [5, 5.41) is 0. The molecule has 18 heavy (non-hydrogen) atoms. The lowest BCUT2D eigenvalue weighted by atomic mass is 9.72. The normalized spacial score (nSPS) is 23.7. The van der Waals surface area contributed by atoms with Crippen molar-refractivity contribution >= 4 is 21.4 Å². The van der Waals surface area contributed by atoms with Crippen molar-refractivity contribution in [2.24, 2.45) is 11.3 Å². The number of sulfone groups is 1. The zero-order chi connectivity index (χ0) is 13.6.